The maximum Gasteiger partial charge on any atom is 0.290 e. The molecule has 0 aromatic heterocycles. The van der Waals surface area contributed by atoms with Gasteiger partial charge in [-0.05, 0) is 91.2 Å². The van der Waals surface area contributed by atoms with Crippen LogP contribution < -0.4 is 14.2 Å². The highest BCUT2D eigenvalue weighted by Crippen LogP contribution is 2.27. The van der Waals surface area contributed by atoms with Gasteiger partial charge < -0.3 is 14.2 Å². The van der Waals surface area contributed by atoms with E-state index in [9.17, 15) is 16.8 Å². The summed E-state index contributed by atoms with van der Waals surface area (Å²) in [6.07, 6.45) is 2.30. The van der Waals surface area contributed by atoms with Crippen LogP contribution >= 0.6 is 0 Å². The molecular weight excluding hydrogens is 667 g/mol. The quantitative estimate of drug-likeness (QED) is 0.114. The topological polar surface area (TPSA) is 118 Å². The van der Waals surface area contributed by atoms with E-state index in [0.717, 1.165) is 27.9 Å². The van der Waals surface area contributed by atoms with Crippen LogP contribution in [0.4, 0.5) is 0 Å². The van der Waals surface area contributed by atoms with Crippen LogP contribution in [0.15, 0.2) is 114 Å². The molecule has 0 amide bonds. The summed E-state index contributed by atoms with van der Waals surface area (Å²) in [6.45, 7) is 5.21. The Morgan fingerprint density at radius 2 is 1.02 bits per heavy atom. The molecule has 0 unspecified atom stereocenters. The standard InChI is InChI=1S/C37H39NO9S2/c1-3-43-48(39,40)24-22-29-10-16-34(17-11-29)46-36-27-38(26-31-14-20-33(21-15-31)45-32-8-6-5-7-9-32)28-37(36)47-35-18-12-30(13-19-35)23-25-49(41,42)44-4-2/h5-25,36-37H,3-4,26-28H2,1-2H3/b24-22+,25-23+/t36-,37-/m1/s1. The average Bonchev–Trinajstić information content (AvgIpc) is 3.45. The second-order valence-electron chi connectivity index (χ2n) is 11.1. The molecular formula is C37H39NO9S2. The molecule has 1 heterocycles. The molecule has 4 aromatic rings. The summed E-state index contributed by atoms with van der Waals surface area (Å²) in [6, 6.07) is 31.8. The normalized spacial score (nSPS) is 17.1. The van der Waals surface area contributed by atoms with E-state index in [1.54, 1.807) is 62.4 Å². The van der Waals surface area contributed by atoms with Crippen molar-refractivity contribution in [3.63, 3.8) is 0 Å². The highest BCUT2D eigenvalue weighted by atomic mass is 32.2. The van der Waals surface area contributed by atoms with E-state index in [1.165, 1.54) is 12.2 Å². The Morgan fingerprint density at radius 3 is 1.47 bits per heavy atom. The summed E-state index contributed by atoms with van der Waals surface area (Å²) in [5.41, 5.74) is 2.47. The van der Waals surface area contributed by atoms with Gasteiger partial charge in [-0.1, -0.05) is 54.6 Å². The first-order valence-corrected chi connectivity index (χ1v) is 18.8. The smallest absolute Gasteiger partial charge is 0.290 e. The lowest BCUT2D eigenvalue weighted by Gasteiger charge is -2.21. The van der Waals surface area contributed by atoms with Crippen LogP contribution in [0.25, 0.3) is 12.2 Å². The molecule has 1 saturated heterocycles. The SMILES string of the molecule is CCOS(=O)(=O)/C=C/c1ccc(O[C@@H]2CN(Cc3ccc(Oc4ccccc4)cc3)C[C@H]2Oc2ccc(/C=C/S(=O)(=O)OCC)cc2)cc1. The van der Waals surface area contributed by atoms with E-state index in [-0.39, 0.29) is 25.4 Å². The van der Waals surface area contributed by atoms with Gasteiger partial charge in [0.05, 0.1) is 24.0 Å². The number of hydrogen-bond acceptors (Lipinski definition) is 10. The summed E-state index contributed by atoms with van der Waals surface area (Å²) >= 11 is 0. The van der Waals surface area contributed by atoms with Gasteiger partial charge in [0.15, 0.2) is 0 Å². The van der Waals surface area contributed by atoms with E-state index >= 15 is 0 Å². The van der Waals surface area contributed by atoms with Crippen molar-refractivity contribution in [3.8, 4) is 23.0 Å². The fourth-order valence-electron chi connectivity index (χ4n) is 5.12. The molecule has 0 aliphatic carbocycles. The predicted molar refractivity (Wildman–Crippen MR) is 189 cm³/mol. The summed E-state index contributed by atoms with van der Waals surface area (Å²) < 4.78 is 75.8. The first-order chi connectivity index (χ1) is 23.6. The van der Waals surface area contributed by atoms with Crippen LogP contribution in [-0.2, 0) is 35.1 Å². The van der Waals surface area contributed by atoms with Crippen molar-refractivity contribution in [2.75, 3.05) is 26.3 Å². The van der Waals surface area contributed by atoms with Gasteiger partial charge in [0.1, 0.15) is 35.2 Å². The van der Waals surface area contributed by atoms with E-state index in [1.807, 2.05) is 54.6 Å². The minimum atomic E-state index is -3.74. The van der Waals surface area contributed by atoms with Gasteiger partial charge >= 0.3 is 0 Å². The number of likely N-dealkylation sites (tertiary alicyclic amines) is 1. The zero-order valence-electron chi connectivity index (χ0n) is 27.3. The van der Waals surface area contributed by atoms with Gasteiger partial charge in [-0.25, -0.2) is 0 Å². The van der Waals surface area contributed by atoms with Crippen molar-refractivity contribution >= 4 is 32.4 Å². The molecule has 10 nitrogen and oxygen atoms in total. The highest BCUT2D eigenvalue weighted by molar-refractivity contribution is 7.90. The number of hydrogen-bond donors (Lipinski definition) is 0. The minimum absolute atomic E-state index is 0.0646. The molecule has 0 N–H and O–H groups in total. The van der Waals surface area contributed by atoms with Gasteiger partial charge in [-0.3, -0.25) is 13.3 Å². The maximum atomic E-state index is 11.9. The Hall–Kier alpha value is -4.46. The van der Waals surface area contributed by atoms with Crippen LogP contribution in [0.5, 0.6) is 23.0 Å². The summed E-state index contributed by atoms with van der Waals surface area (Å²) in [5.74, 6) is 2.75. The van der Waals surface area contributed by atoms with Crippen molar-refractivity contribution in [2.45, 2.75) is 32.6 Å². The molecule has 258 valence electrons. The third kappa shape index (κ3) is 11.3. The van der Waals surface area contributed by atoms with Crippen LogP contribution in [0.1, 0.15) is 30.5 Å². The lowest BCUT2D eigenvalue weighted by Crippen LogP contribution is -2.34. The number of nitrogens with zero attached hydrogens (tertiary/aromatic N) is 1. The number of ether oxygens (including phenoxy) is 3. The predicted octanol–water partition coefficient (Wildman–Crippen LogP) is 6.86. The molecule has 1 aliphatic heterocycles. The Morgan fingerprint density at radius 1 is 0.592 bits per heavy atom. The molecule has 2 atom stereocenters. The van der Waals surface area contributed by atoms with Gasteiger partial charge in [-0.2, -0.15) is 16.8 Å². The Kier molecular flexibility index (Phi) is 12.3. The third-order valence-electron chi connectivity index (χ3n) is 7.35. The molecule has 49 heavy (non-hydrogen) atoms. The first-order valence-electron chi connectivity index (χ1n) is 15.8. The number of para-hydroxylation sites is 1. The second kappa shape index (κ2) is 16.8. The summed E-state index contributed by atoms with van der Waals surface area (Å²) in [4.78, 5) is 2.26. The molecule has 1 fully saturated rings. The lowest BCUT2D eigenvalue weighted by molar-refractivity contribution is 0.0913. The van der Waals surface area contributed by atoms with Crippen molar-refractivity contribution in [3.05, 3.63) is 131 Å². The van der Waals surface area contributed by atoms with Gasteiger partial charge in [0.25, 0.3) is 20.2 Å². The van der Waals surface area contributed by atoms with Crippen LogP contribution in [0, 0.1) is 0 Å². The monoisotopic (exact) mass is 705 g/mol. The molecule has 0 saturated carbocycles. The number of rotatable bonds is 16. The summed E-state index contributed by atoms with van der Waals surface area (Å²) in [7, 11) is -7.47. The van der Waals surface area contributed by atoms with Crippen LogP contribution in [0.3, 0.4) is 0 Å². The molecule has 1 aliphatic rings. The second-order valence-corrected chi connectivity index (χ2v) is 14.1. The third-order valence-corrected chi connectivity index (χ3v) is 9.42. The summed E-state index contributed by atoms with van der Waals surface area (Å²) in [5, 5.41) is 2.06. The van der Waals surface area contributed by atoms with Crippen molar-refractivity contribution in [2.24, 2.45) is 0 Å². The van der Waals surface area contributed by atoms with E-state index in [4.69, 9.17) is 22.6 Å². The Bertz CT molecular complexity index is 1810. The lowest BCUT2D eigenvalue weighted by atomic mass is 10.2. The zero-order chi connectivity index (χ0) is 34.7. The van der Waals surface area contributed by atoms with Gasteiger partial charge in [0.2, 0.25) is 0 Å². The largest absolute Gasteiger partial charge is 0.485 e. The Labute approximate surface area is 288 Å². The first kappa shape index (κ1) is 35.8. The van der Waals surface area contributed by atoms with Crippen molar-refractivity contribution < 1.29 is 39.4 Å². The average molecular weight is 706 g/mol. The molecule has 0 radical (unpaired) electrons. The van der Waals surface area contributed by atoms with E-state index in [0.29, 0.717) is 42.3 Å². The van der Waals surface area contributed by atoms with Crippen LogP contribution in [-0.4, -0.2) is 60.2 Å². The fraction of sp³-hybridized carbons (Fsp3) is 0.243. The minimum Gasteiger partial charge on any atom is -0.485 e. The molecule has 0 spiro atoms. The fourth-order valence-corrected chi connectivity index (χ4v) is 6.58. The number of benzene rings is 4. The van der Waals surface area contributed by atoms with Gasteiger partial charge in [0, 0.05) is 19.6 Å². The molecule has 5 rings (SSSR count). The highest BCUT2D eigenvalue weighted by Gasteiger charge is 2.36. The van der Waals surface area contributed by atoms with E-state index in [2.05, 4.69) is 4.90 Å². The van der Waals surface area contributed by atoms with Gasteiger partial charge in [-0.15, -0.1) is 0 Å². The molecule has 4 aromatic carbocycles. The van der Waals surface area contributed by atoms with Crippen LogP contribution in [0.2, 0.25) is 0 Å². The Balaban J connectivity index is 1.27. The zero-order valence-corrected chi connectivity index (χ0v) is 28.9. The van der Waals surface area contributed by atoms with E-state index < -0.39 is 20.2 Å². The molecule has 0 bridgehead atoms. The maximum absolute atomic E-state index is 11.9. The van der Waals surface area contributed by atoms with Crippen molar-refractivity contribution in [1.82, 2.24) is 4.90 Å². The van der Waals surface area contributed by atoms with Crippen molar-refractivity contribution in [1.29, 1.82) is 0 Å². The molecule has 12 heteroatoms.